The third kappa shape index (κ3) is 3.47. The molecular weight excluding hydrogens is 294 g/mol. The molecule has 1 atom stereocenters. The van der Waals surface area contributed by atoms with Gasteiger partial charge in [0, 0.05) is 11.8 Å². The summed E-state index contributed by atoms with van der Waals surface area (Å²) in [7, 11) is 0. The zero-order valence-electron chi connectivity index (χ0n) is 14.1. The van der Waals surface area contributed by atoms with Crippen LogP contribution < -0.4 is 5.32 Å². The molecule has 0 saturated carbocycles. The van der Waals surface area contributed by atoms with Gasteiger partial charge in [0.15, 0.2) is 11.5 Å². The number of rotatable bonds is 3. The Hall–Kier alpha value is -2.50. The lowest BCUT2D eigenvalue weighted by Gasteiger charge is -2.19. The van der Waals surface area contributed by atoms with Gasteiger partial charge in [-0.15, -0.1) is 0 Å². The molecule has 2 rings (SSSR count). The summed E-state index contributed by atoms with van der Waals surface area (Å²) in [4.78, 5) is 12.3. The van der Waals surface area contributed by atoms with Gasteiger partial charge < -0.3 is 15.5 Å². The molecule has 3 N–H and O–H groups in total. The third-order valence-corrected chi connectivity index (χ3v) is 3.70. The van der Waals surface area contributed by atoms with Gasteiger partial charge in [-0.3, -0.25) is 9.48 Å². The van der Waals surface area contributed by atoms with E-state index in [-0.39, 0.29) is 22.9 Å². The number of hydrogen-bond acceptors (Lipinski definition) is 4. The fourth-order valence-corrected chi connectivity index (χ4v) is 2.31. The van der Waals surface area contributed by atoms with Gasteiger partial charge in [-0.1, -0.05) is 6.07 Å². The largest absolute Gasteiger partial charge is 0.504 e. The minimum absolute atomic E-state index is 0.0396. The second kappa shape index (κ2) is 5.95. The van der Waals surface area contributed by atoms with Crippen molar-refractivity contribution in [1.82, 2.24) is 15.1 Å². The Kier molecular flexibility index (Phi) is 4.36. The maximum atomic E-state index is 12.3. The van der Waals surface area contributed by atoms with Gasteiger partial charge in [-0.05, 0) is 46.8 Å². The van der Waals surface area contributed by atoms with Crippen molar-refractivity contribution in [2.75, 3.05) is 0 Å². The molecule has 0 radical (unpaired) electrons. The SMILES string of the molecule is Cc1nn(C(C)(C)C)cc1[C@H](C)NC(=O)c1cccc(O)c1O. The first kappa shape index (κ1) is 16.9. The van der Waals surface area contributed by atoms with Crippen molar-refractivity contribution in [2.24, 2.45) is 0 Å². The standard InChI is InChI=1S/C17H23N3O3/c1-10(13-9-20(17(3,4)5)19-11(13)2)18-16(23)12-7-6-8-14(21)15(12)22/h6-10,21-22H,1-5H3,(H,18,23)/t10-/m0/s1. The molecule has 6 heteroatoms. The van der Waals surface area contributed by atoms with Crippen LogP contribution in [-0.4, -0.2) is 25.9 Å². The van der Waals surface area contributed by atoms with Crippen LogP contribution in [0.25, 0.3) is 0 Å². The minimum atomic E-state index is -0.450. The van der Waals surface area contributed by atoms with Crippen LogP contribution in [0.4, 0.5) is 0 Å². The van der Waals surface area contributed by atoms with Crippen LogP contribution in [0.2, 0.25) is 0 Å². The van der Waals surface area contributed by atoms with Crippen LogP contribution in [0.5, 0.6) is 11.5 Å². The van der Waals surface area contributed by atoms with Gasteiger partial charge in [-0.2, -0.15) is 5.10 Å². The molecule has 0 spiro atoms. The molecule has 1 aromatic carbocycles. The van der Waals surface area contributed by atoms with Crippen LogP contribution in [0, 0.1) is 6.92 Å². The summed E-state index contributed by atoms with van der Waals surface area (Å²) < 4.78 is 1.87. The van der Waals surface area contributed by atoms with E-state index >= 15 is 0 Å². The van der Waals surface area contributed by atoms with Crippen LogP contribution in [-0.2, 0) is 5.54 Å². The molecule has 1 heterocycles. The number of aryl methyl sites for hydroxylation is 1. The second-order valence-electron chi connectivity index (χ2n) is 6.65. The Morgan fingerprint density at radius 2 is 1.96 bits per heavy atom. The number of phenolic OH excluding ortho intramolecular Hbond substituents is 2. The summed E-state index contributed by atoms with van der Waals surface area (Å²) in [6.07, 6.45) is 1.92. The van der Waals surface area contributed by atoms with Crippen LogP contribution in [0.15, 0.2) is 24.4 Å². The van der Waals surface area contributed by atoms with E-state index in [9.17, 15) is 15.0 Å². The number of para-hydroxylation sites is 1. The van der Waals surface area contributed by atoms with Crippen molar-refractivity contribution >= 4 is 5.91 Å². The maximum Gasteiger partial charge on any atom is 0.255 e. The highest BCUT2D eigenvalue weighted by molar-refractivity contribution is 5.97. The Bertz CT molecular complexity index is 729. The zero-order chi connectivity index (χ0) is 17.4. The molecule has 2 aromatic rings. The van der Waals surface area contributed by atoms with E-state index in [4.69, 9.17) is 0 Å². The van der Waals surface area contributed by atoms with Gasteiger partial charge in [0.05, 0.1) is 22.8 Å². The normalized spacial score (nSPS) is 12.9. The molecule has 0 aliphatic rings. The number of aromatic hydroxyl groups is 2. The number of hydrogen-bond donors (Lipinski definition) is 3. The van der Waals surface area contributed by atoms with Crippen molar-refractivity contribution in [3.63, 3.8) is 0 Å². The number of amides is 1. The highest BCUT2D eigenvalue weighted by Crippen LogP contribution is 2.29. The van der Waals surface area contributed by atoms with E-state index in [0.29, 0.717) is 0 Å². The second-order valence-corrected chi connectivity index (χ2v) is 6.65. The first-order chi connectivity index (χ1) is 10.6. The Morgan fingerprint density at radius 1 is 1.30 bits per heavy atom. The summed E-state index contributed by atoms with van der Waals surface area (Å²) >= 11 is 0. The average molecular weight is 317 g/mol. The van der Waals surface area contributed by atoms with Gasteiger partial charge in [0.25, 0.3) is 5.91 Å². The van der Waals surface area contributed by atoms with Crippen molar-refractivity contribution in [2.45, 2.75) is 46.2 Å². The maximum absolute atomic E-state index is 12.3. The van der Waals surface area contributed by atoms with E-state index in [0.717, 1.165) is 11.3 Å². The molecule has 23 heavy (non-hydrogen) atoms. The van der Waals surface area contributed by atoms with Crippen LogP contribution in [0.3, 0.4) is 0 Å². The monoisotopic (exact) mass is 317 g/mol. The average Bonchev–Trinajstić information content (AvgIpc) is 2.84. The van der Waals surface area contributed by atoms with Crippen molar-refractivity contribution in [1.29, 1.82) is 0 Å². The summed E-state index contributed by atoms with van der Waals surface area (Å²) in [5, 5.41) is 26.6. The van der Waals surface area contributed by atoms with Gasteiger partial charge in [-0.25, -0.2) is 0 Å². The smallest absolute Gasteiger partial charge is 0.255 e. The van der Waals surface area contributed by atoms with Crippen molar-refractivity contribution < 1.29 is 15.0 Å². The summed E-state index contributed by atoms with van der Waals surface area (Å²) in [6.45, 7) is 9.91. The van der Waals surface area contributed by atoms with Gasteiger partial charge in [0.1, 0.15) is 0 Å². The highest BCUT2D eigenvalue weighted by atomic mass is 16.3. The molecule has 124 valence electrons. The van der Waals surface area contributed by atoms with E-state index in [1.165, 1.54) is 18.2 Å². The molecule has 0 bridgehead atoms. The molecule has 0 aliphatic carbocycles. The van der Waals surface area contributed by atoms with E-state index in [1.807, 2.05) is 24.7 Å². The highest BCUT2D eigenvalue weighted by Gasteiger charge is 2.22. The third-order valence-electron chi connectivity index (χ3n) is 3.70. The minimum Gasteiger partial charge on any atom is -0.504 e. The predicted molar refractivity (Wildman–Crippen MR) is 87.6 cm³/mol. The van der Waals surface area contributed by atoms with E-state index in [2.05, 4.69) is 31.2 Å². The van der Waals surface area contributed by atoms with E-state index in [1.54, 1.807) is 0 Å². The molecular formula is C17H23N3O3. The lowest BCUT2D eigenvalue weighted by Crippen LogP contribution is -2.27. The number of aromatic nitrogens is 2. The lowest BCUT2D eigenvalue weighted by molar-refractivity contribution is 0.0936. The first-order valence-electron chi connectivity index (χ1n) is 7.49. The Balaban J connectivity index is 2.22. The number of nitrogens with zero attached hydrogens (tertiary/aromatic N) is 2. The van der Waals surface area contributed by atoms with Crippen molar-refractivity contribution in [3.05, 3.63) is 41.2 Å². The Labute approximate surface area is 135 Å². The molecule has 1 aromatic heterocycles. The zero-order valence-corrected chi connectivity index (χ0v) is 14.1. The number of carbonyl (C=O) groups excluding carboxylic acids is 1. The number of carbonyl (C=O) groups is 1. The lowest BCUT2D eigenvalue weighted by atomic mass is 10.1. The molecule has 0 fully saturated rings. The molecule has 0 aliphatic heterocycles. The van der Waals surface area contributed by atoms with Crippen LogP contribution in [0.1, 0.15) is 55.4 Å². The fourth-order valence-electron chi connectivity index (χ4n) is 2.31. The number of phenols is 2. The summed E-state index contributed by atoms with van der Waals surface area (Å²) in [5.74, 6) is -1.19. The molecule has 6 nitrogen and oxygen atoms in total. The molecule has 0 saturated heterocycles. The fraction of sp³-hybridized carbons (Fsp3) is 0.412. The first-order valence-corrected chi connectivity index (χ1v) is 7.49. The summed E-state index contributed by atoms with van der Waals surface area (Å²) in [6, 6.07) is 4.02. The summed E-state index contributed by atoms with van der Waals surface area (Å²) in [5.41, 5.74) is 1.65. The van der Waals surface area contributed by atoms with Crippen LogP contribution >= 0.6 is 0 Å². The topological polar surface area (TPSA) is 87.4 Å². The number of nitrogens with one attached hydrogen (secondary N) is 1. The molecule has 1 amide bonds. The van der Waals surface area contributed by atoms with Crippen molar-refractivity contribution in [3.8, 4) is 11.5 Å². The molecule has 0 unspecified atom stereocenters. The van der Waals surface area contributed by atoms with E-state index < -0.39 is 11.7 Å². The Morgan fingerprint density at radius 3 is 2.52 bits per heavy atom. The quantitative estimate of drug-likeness (QED) is 0.760. The van der Waals surface area contributed by atoms with Gasteiger partial charge >= 0.3 is 0 Å². The number of benzene rings is 1. The predicted octanol–water partition coefficient (Wildman–Crippen LogP) is 2.85. The van der Waals surface area contributed by atoms with Gasteiger partial charge in [0.2, 0.25) is 0 Å².